The Morgan fingerprint density at radius 3 is 2.64 bits per heavy atom. The van der Waals surface area contributed by atoms with Crippen LogP contribution in [0.3, 0.4) is 0 Å². The monoisotopic (exact) mass is 473 g/mol. The van der Waals surface area contributed by atoms with Crippen LogP contribution in [0.25, 0.3) is 5.69 Å². The number of benzene rings is 1. The van der Waals surface area contributed by atoms with Crippen LogP contribution in [0.1, 0.15) is 54.9 Å². The Bertz CT molecular complexity index is 1200. The first-order valence-corrected chi connectivity index (χ1v) is 11.1. The topological polar surface area (TPSA) is 86.4 Å². The van der Waals surface area contributed by atoms with Crippen molar-refractivity contribution in [3.63, 3.8) is 0 Å². The molecule has 0 unspecified atom stereocenters. The van der Waals surface area contributed by atoms with Crippen molar-refractivity contribution >= 4 is 11.6 Å². The first-order chi connectivity index (χ1) is 16.1. The minimum atomic E-state index is -2.94. The highest BCUT2D eigenvalue weighted by atomic mass is 35.5. The van der Waals surface area contributed by atoms with Gasteiger partial charge in [-0.2, -0.15) is 8.78 Å². The van der Waals surface area contributed by atoms with Gasteiger partial charge in [-0.25, -0.2) is 14.6 Å². The molecule has 33 heavy (non-hydrogen) atoms. The van der Waals surface area contributed by atoms with Crippen LogP contribution in [0.5, 0.6) is 5.75 Å². The quantitative estimate of drug-likeness (QED) is 0.411. The summed E-state index contributed by atoms with van der Waals surface area (Å²) in [5.74, 6) is 3.44. The molecule has 6 rings (SSSR count). The predicted molar refractivity (Wildman–Crippen MR) is 117 cm³/mol. The zero-order valence-corrected chi connectivity index (χ0v) is 18.4. The molecule has 2 aliphatic rings. The Morgan fingerprint density at radius 1 is 1.12 bits per heavy atom. The summed E-state index contributed by atoms with van der Waals surface area (Å²) in [6.45, 7) is -2.39. The van der Waals surface area contributed by atoms with Crippen molar-refractivity contribution in [2.75, 3.05) is 0 Å². The molecule has 0 aliphatic heterocycles. The average Bonchev–Trinajstić information content (AvgIpc) is 3.67. The standard InChI is InChI=1S/C16H14ClF2N5O.C6H8N2/c17-13-4-3-12(7-14(13)25-16(18)19)24-9-11(21-22-24)8-23-6-5-20-15(23)10-1-2-10;1-2-5(1)6-7-3-4-8-6/h3-7,9-10,16H,1-2,8H2;3-5H,1-2H2,(H,7,8). The van der Waals surface area contributed by atoms with Gasteiger partial charge in [-0.05, 0) is 37.8 Å². The number of halogens is 3. The lowest BCUT2D eigenvalue weighted by atomic mass is 10.3. The number of ether oxygens (including phenoxy) is 1. The summed E-state index contributed by atoms with van der Waals surface area (Å²) in [5.41, 5.74) is 1.28. The van der Waals surface area contributed by atoms with E-state index in [0.717, 1.165) is 17.4 Å². The van der Waals surface area contributed by atoms with E-state index in [1.807, 2.05) is 18.6 Å². The number of nitrogens with zero attached hydrogens (tertiary/aromatic N) is 6. The van der Waals surface area contributed by atoms with Crippen molar-refractivity contribution in [1.29, 1.82) is 0 Å². The molecule has 0 bridgehead atoms. The third-order valence-electron chi connectivity index (χ3n) is 5.44. The van der Waals surface area contributed by atoms with Crippen molar-refractivity contribution in [1.82, 2.24) is 34.5 Å². The summed E-state index contributed by atoms with van der Waals surface area (Å²) in [4.78, 5) is 11.6. The molecule has 172 valence electrons. The average molecular weight is 474 g/mol. The maximum atomic E-state index is 12.4. The van der Waals surface area contributed by atoms with E-state index in [1.54, 1.807) is 18.5 Å². The molecule has 2 aliphatic carbocycles. The zero-order chi connectivity index (χ0) is 22.8. The fraction of sp³-hybridized carbons (Fsp3) is 0.364. The highest BCUT2D eigenvalue weighted by molar-refractivity contribution is 6.32. The highest BCUT2D eigenvalue weighted by Gasteiger charge is 2.28. The Morgan fingerprint density at radius 2 is 1.94 bits per heavy atom. The Kier molecular flexibility index (Phi) is 6.08. The van der Waals surface area contributed by atoms with Crippen molar-refractivity contribution < 1.29 is 13.5 Å². The number of aromatic nitrogens is 7. The summed E-state index contributed by atoms with van der Waals surface area (Å²) in [6, 6.07) is 4.54. The Balaban J connectivity index is 0.000000238. The van der Waals surface area contributed by atoms with Crippen LogP contribution < -0.4 is 4.74 Å². The molecule has 0 amide bonds. The molecule has 3 aromatic heterocycles. The van der Waals surface area contributed by atoms with Gasteiger partial charge in [-0.1, -0.05) is 16.8 Å². The maximum Gasteiger partial charge on any atom is 0.387 e. The number of hydrogen-bond donors (Lipinski definition) is 1. The second kappa shape index (κ2) is 9.30. The van der Waals surface area contributed by atoms with E-state index in [-0.39, 0.29) is 10.8 Å². The van der Waals surface area contributed by atoms with Gasteiger partial charge in [0.25, 0.3) is 0 Å². The summed E-state index contributed by atoms with van der Waals surface area (Å²) >= 11 is 5.87. The molecular formula is C22H22ClF2N7O. The van der Waals surface area contributed by atoms with Gasteiger partial charge >= 0.3 is 6.61 Å². The SMILES string of the molecule is FC(F)Oc1cc(-n2cc(Cn3ccnc3C3CC3)nn2)ccc1Cl.c1c[nH]c(C2CC2)n1. The molecule has 1 N–H and O–H groups in total. The lowest BCUT2D eigenvalue weighted by Crippen LogP contribution is -2.04. The van der Waals surface area contributed by atoms with Crippen LogP contribution in [0.2, 0.25) is 5.02 Å². The largest absolute Gasteiger partial charge is 0.433 e. The second-order valence-electron chi connectivity index (χ2n) is 8.08. The van der Waals surface area contributed by atoms with Gasteiger partial charge in [0.05, 0.1) is 23.5 Å². The van der Waals surface area contributed by atoms with E-state index in [4.69, 9.17) is 11.6 Å². The summed E-state index contributed by atoms with van der Waals surface area (Å²) in [5, 5.41) is 8.31. The van der Waals surface area contributed by atoms with Crippen LogP contribution in [0.15, 0.2) is 49.2 Å². The Hall–Kier alpha value is -3.27. The van der Waals surface area contributed by atoms with Gasteiger partial charge in [0.15, 0.2) is 0 Å². The van der Waals surface area contributed by atoms with Crippen LogP contribution in [0.4, 0.5) is 8.78 Å². The minimum Gasteiger partial charge on any atom is -0.433 e. The normalized spacial score (nSPS) is 15.4. The Labute approximate surface area is 193 Å². The number of nitrogens with one attached hydrogen (secondary N) is 1. The minimum absolute atomic E-state index is 0.100. The van der Waals surface area contributed by atoms with Crippen molar-refractivity contribution in [3.05, 3.63) is 71.5 Å². The lowest BCUT2D eigenvalue weighted by Gasteiger charge is -2.08. The van der Waals surface area contributed by atoms with Gasteiger partial charge in [-0.3, -0.25) is 0 Å². The van der Waals surface area contributed by atoms with Crippen molar-refractivity contribution in [2.24, 2.45) is 0 Å². The first-order valence-electron chi connectivity index (χ1n) is 10.7. The second-order valence-corrected chi connectivity index (χ2v) is 8.49. The van der Waals surface area contributed by atoms with E-state index in [9.17, 15) is 8.78 Å². The van der Waals surface area contributed by atoms with E-state index in [1.165, 1.54) is 48.3 Å². The molecule has 0 saturated heterocycles. The number of hydrogen-bond acceptors (Lipinski definition) is 5. The number of aromatic amines is 1. The third-order valence-corrected chi connectivity index (χ3v) is 5.75. The molecule has 11 heteroatoms. The smallest absolute Gasteiger partial charge is 0.387 e. The van der Waals surface area contributed by atoms with Crippen LogP contribution in [0, 0.1) is 0 Å². The van der Waals surface area contributed by atoms with Gasteiger partial charge in [0, 0.05) is 42.7 Å². The molecule has 0 radical (unpaired) electrons. The number of alkyl halides is 2. The van der Waals surface area contributed by atoms with E-state index in [0.29, 0.717) is 18.2 Å². The molecule has 2 fully saturated rings. The molecule has 2 saturated carbocycles. The highest BCUT2D eigenvalue weighted by Crippen LogP contribution is 2.39. The lowest BCUT2D eigenvalue weighted by molar-refractivity contribution is -0.0497. The summed E-state index contributed by atoms with van der Waals surface area (Å²) in [6.07, 6.45) is 14.1. The molecule has 4 aromatic rings. The van der Waals surface area contributed by atoms with E-state index in [2.05, 4.69) is 34.6 Å². The zero-order valence-electron chi connectivity index (χ0n) is 17.6. The molecular weight excluding hydrogens is 452 g/mol. The number of rotatable bonds is 7. The third kappa shape index (κ3) is 5.39. The molecule has 3 heterocycles. The molecule has 0 atom stereocenters. The van der Waals surface area contributed by atoms with Gasteiger partial charge < -0.3 is 14.3 Å². The van der Waals surface area contributed by atoms with Gasteiger partial charge in [-0.15, -0.1) is 5.10 Å². The predicted octanol–water partition coefficient (Wildman–Crippen LogP) is 4.93. The number of imidazole rings is 2. The van der Waals surface area contributed by atoms with Gasteiger partial charge in [0.2, 0.25) is 0 Å². The summed E-state index contributed by atoms with van der Waals surface area (Å²) < 4.78 is 32.8. The molecule has 1 aromatic carbocycles. The van der Waals surface area contributed by atoms with Crippen LogP contribution in [-0.2, 0) is 6.54 Å². The van der Waals surface area contributed by atoms with Crippen molar-refractivity contribution in [2.45, 2.75) is 50.7 Å². The molecule has 0 spiro atoms. The van der Waals surface area contributed by atoms with Crippen LogP contribution in [-0.4, -0.2) is 41.1 Å². The van der Waals surface area contributed by atoms with Crippen molar-refractivity contribution in [3.8, 4) is 11.4 Å². The fourth-order valence-electron chi connectivity index (χ4n) is 3.51. The fourth-order valence-corrected chi connectivity index (χ4v) is 3.67. The van der Waals surface area contributed by atoms with E-state index < -0.39 is 6.61 Å². The number of H-pyrrole nitrogens is 1. The van der Waals surface area contributed by atoms with E-state index >= 15 is 0 Å². The first kappa shape index (κ1) is 21.6. The van der Waals surface area contributed by atoms with Crippen LogP contribution >= 0.6 is 11.6 Å². The maximum absolute atomic E-state index is 12.4. The summed E-state index contributed by atoms with van der Waals surface area (Å²) in [7, 11) is 0. The molecule has 8 nitrogen and oxygen atoms in total. The van der Waals surface area contributed by atoms with Gasteiger partial charge in [0.1, 0.15) is 23.1 Å².